The minimum atomic E-state index is -0.527. The van der Waals surface area contributed by atoms with Gasteiger partial charge >= 0.3 is 12.6 Å². The van der Waals surface area contributed by atoms with E-state index in [1.807, 2.05) is 24.3 Å². The molecule has 1 aliphatic rings. The van der Waals surface area contributed by atoms with Gasteiger partial charge in [-0.2, -0.15) is 0 Å². The molecule has 1 N–H and O–H groups in total. The Morgan fingerprint density at radius 1 is 1.04 bits per heavy atom. The van der Waals surface area contributed by atoms with E-state index in [0.717, 1.165) is 0 Å². The van der Waals surface area contributed by atoms with Crippen molar-refractivity contribution in [2.75, 3.05) is 19.8 Å². The van der Waals surface area contributed by atoms with Crippen LogP contribution in [0.3, 0.4) is 0 Å². The van der Waals surface area contributed by atoms with E-state index in [1.165, 1.54) is 28.7 Å². The maximum atomic E-state index is 11.7. The first-order valence-electron chi connectivity index (χ1n) is 7.39. The Balaban J connectivity index is 1.66. The molecule has 3 rings (SSSR count). The van der Waals surface area contributed by atoms with Crippen molar-refractivity contribution in [3.8, 4) is 11.1 Å². The summed E-state index contributed by atoms with van der Waals surface area (Å²) in [5, 5.41) is 2.52. The number of hydrogen-bond acceptors (Lipinski definition) is 4. The highest BCUT2D eigenvalue weighted by Gasteiger charge is 2.28. The van der Waals surface area contributed by atoms with Crippen LogP contribution in [0.4, 0.5) is 4.79 Å². The van der Waals surface area contributed by atoms with Crippen LogP contribution in [0.2, 0.25) is 0 Å². The van der Waals surface area contributed by atoms with E-state index in [9.17, 15) is 9.59 Å². The summed E-state index contributed by atoms with van der Waals surface area (Å²) in [6.45, 7) is 1.84. The van der Waals surface area contributed by atoms with Crippen molar-refractivity contribution in [2.45, 2.75) is 5.92 Å². The molecule has 2 aromatic carbocycles. The zero-order chi connectivity index (χ0) is 16.1. The average molecular weight is 310 g/mol. The molecule has 1 amide bonds. The normalized spacial score (nSPS) is 12.2. The van der Waals surface area contributed by atoms with Crippen LogP contribution in [-0.2, 0) is 14.3 Å². The van der Waals surface area contributed by atoms with Gasteiger partial charge in [-0.05, 0) is 22.3 Å². The summed E-state index contributed by atoms with van der Waals surface area (Å²) < 4.78 is 9.69. The lowest BCUT2D eigenvalue weighted by Gasteiger charge is -2.14. The molecular formula is C18H16NO4. The van der Waals surface area contributed by atoms with Gasteiger partial charge in [-0.1, -0.05) is 48.5 Å². The Morgan fingerprint density at radius 2 is 1.65 bits per heavy atom. The summed E-state index contributed by atoms with van der Waals surface area (Å²) in [5.74, 6) is 0.0349. The van der Waals surface area contributed by atoms with Gasteiger partial charge in [0.25, 0.3) is 0 Å². The second-order valence-electron chi connectivity index (χ2n) is 5.18. The first-order valence-corrected chi connectivity index (χ1v) is 7.39. The number of benzene rings is 2. The van der Waals surface area contributed by atoms with Gasteiger partial charge in [0.2, 0.25) is 0 Å². The van der Waals surface area contributed by atoms with Crippen molar-refractivity contribution in [1.29, 1.82) is 0 Å². The highest BCUT2D eigenvalue weighted by atomic mass is 16.5. The van der Waals surface area contributed by atoms with Gasteiger partial charge in [-0.15, -0.1) is 0 Å². The number of alkyl carbamates (subject to hydrolysis) is 1. The third kappa shape index (κ3) is 3.18. The fraction of sp³-hybridized carbons (Fsp3) is 0.222. The van der Waals surface area contributed by atoms with Crippen LogP contribution in [0.1, 0.15) is 17.0 Å². The Morgan fingerprint density at radius 3 is 2.26 bits per heavy atom. The molecule has 0 unspecified atom stereocenters. The van der Waals surface area contributed by atoms with Crippen LogP contribution >= 0.6 is 0 Å². The van der Waals surface area contributed by atoms with Crippen molar-refractivity contribution < 1.29 is 19.1 Å². The summed E-state index contributed by atoms with van der Waals surface area (Å²) in [5.41, 5.74) is 4.71. The van der Waals surface area contributed by atoms with Gasteiger partial charge in [0.05, 0.1) is 6.54 Å². The fourth-order valence-corrected chi connectivity index (χ4v) is 2.90. The predicted molar refractivity (Wildman–Crippen MR) is 84.7 cm³/mol. The van der Waals surface area contributed by atoms with Gasteiger partial charge in [0.15, 0.2) is 0 Å². The summed E-state index contributed by atoms with van der Waals surface area (Å²) >= 11 is 0. The lowest BCUT2D eigenvalue weighted by atomic mass is 9.98. The second kappa shape index (κ2) is 6.96. The standard InChI is InChI=1S/C18H16NO4/c20-12-22-10-9-19-18(21)23-11-17-15-7-3-1-5-13(15)14-6-2-4-8-16(14)17/h1-8,17H,9-11H2,(H,19,21). The molecule has 0 aromatic heterocycles. The van der Waals surface area contributed by atoms with Crippen molar-refractivity contribution in [2.24, 2.45) is 0 Å². The molecule has 0 saturated heterocycles. The molecule has 0 aliphatic heterocycles. The number of amides is 1. The lowest BCUT2D eigenvalue weighted by molar-refractivity contribution is 0.140. The van der Waals surface area contributed by atoms with Crippen LogP contribution in [0, 0.1) is 0 Å². The van der Waals surface area contributed by atoms with Crippen molar-refractivity contribution in [1.82, 2.24) is 5.32 Å². The van der Waals surface area contributed by atoms with E-state index in [0.29, 0.717) is 0 Å². The molecule has 0 saturated carbocycles. The minimum absolute atomic E-state index is 0.0349. The van der Waals surface area contributed by atoms with Crippen molar-refractivity contribution in [3.05, 3.63) is 59.7 Å². The van der Waals surface area contributed by atoms with Crippen LogP contribution < -0.4 is 5.32 Å². The van der Waals surface area contributed by atoms with E-state index in [2.05, 4.69) is 34.3 Å². The average Bonchev–Trinajstić information content (AvgIpc) is 2.91. The smallest absolute Gasteiger partial charge is 0.417 e. The minimum Gasteiger partial charge on any atom is -0.455 e. The van der Waals surface area contributed by atoms with Gasteiger partial charge in [0, 0.05) is 5.92 Å². The monoisotopic (exact) mass is 310 g/mol. The molecule has 5 heteroatoms. The largest absolute Gasteiger partial charge is 0.455 e. The summed E-state index contributed by atoms with van der Waals surface area (Å²) in [6.07, 6.45) is -0.527. The number of carbonyl (C=O) groups is 1. The van der Waals surface area contributed by atoms with Crippen LogP contribution in [0.25, 0.3) is 11.1 Å². The van der Waals surface area contributed by atoms with E-state index in [4.69, 9.17) is 4.74 Å². The quantitative estimate of drug-likeness (QED) is 0.833. The van der Waals surface area contributed by atoms with Gasteiger partial charge < -0.3 is 14.8 Å². The molecule has 117 valence electrons. The van der Waals surface area contributed by atoms with Gasteiger partial charge in [0.1, 0.15) is 13.2 Å². The number of rotatable bonds is 6. The molecular weight excluding hydrogens is 294 g/mol. The Labute approximate surface area is 134 Å². The first-order chi connectivity index (χ1) is 11.3. The Bertz CT molecular complexity index is 668. The Hall–Kier alpha value is -2.82. The molecule has 23 heavy (non-hydrogen) atoms. The van der Waals surface area contributed by atoms with Crippen LogP contribution in [0.5, 0.6) is 0 Å². The number of carbonyl (C=O) groups excluding carboxylic acids is 2. The van der Waals surface area contributed by atoms with Crippen LogP contribution in [0.15, 0.2) is 48.5 Å². The molecule has 0 heterocycles. The molecule has 0 spiro atoms. The predicted octanol–water partition coefficient (Wildman–Crippen LogP) is 2.61. The van der Waals surface area contributed by atoms with E-state index in [-0.39, 0.29) is 25.7 Å². The third-order valence-corrected chi connectivity index (χ3v) is 3.88. The van der Waals surface area contributed by atoms with Crippen LogP contribution in [-0.4, -0.2) is 32.3 Å². The number of nitrogens with one attached hydrogen (secondary N) is 1. The van der Waals surface area contributed by atoms with E-state index in [1.54, 1.807) is 0 Å². The lowest BCUT2D eigenvalue weighted by Crippen LogP contribution is -2.29. The molecule has 2 aromatic rings. The van der Waals surface area contributed by atoms with Gasteiger partial charge in [-0.25, -0.2) is 9.59 Å². The number of hydrogen-bond donors (Lipinski definition) is 1. The number of ether oxygens (including phenoxy) is 2. The highest BCUT2D eigenvalue weighted by Crippen LogP contribution is 2.44. The Kier molecular flexibility index (Phi) is 4.57. The molecule has 1 aliphatic carbocycles. The van der Waals surface area contributed by atoms with Gasteiger partial charge in [-0.3, -0.25) is 0 Å². The highest BCUT2D eigenvalue weighted by molar-refractivity contribution is 5.79. The fourth-order valence-electron chi connectivity index (χ4n) is 2.90. The van der Waals surface area contributed by atoms with E-state index < -0.39 is 6.09 Å². The summed E-state index contributed by atoms with van der Waals surface area (Å²) in [6, 6.07) is 16.3. The zero-order valence-corrected chi connectivity index (χ0v) is 12.5. The maximum absolute atomic E-state index is 11.7. The molecule has 0 atom stereocenters. The number of fused-ring (bicyclic) bond motifs is 3. The molecule has 5 nitrogen and oxygen atoms in total. The van der Waals surface area contributed by atoms with Crippen molar-refractivity contribution in [3.63, 3.8) is 0 Å². The summed E-state index contributed by atoms with van der Waals surface area (Å²) in [7, 11) is 0. The maximum Gasteiger partial charge on any atom is 0.417 e. The van der Waals surface area contributed by atoms with E-state index >= 15 is 0 Å². The molecule has 0 fully saturated rings. The zero-order valence-electron chi connectivity index (χ0n) is 12.5. The first kappa shape index (κ1) is 15.1. The summed E-state index contributed by atoms with van der Waals surface area (Å²) in [4.78, 5) is 21.6. The second-order valence-corrected chi connectivity index (χ2v) is 5.18. The topological polar surface area (TPSA) is 64.6 Å². The third-order valence-electron chi connectivity index (χ3n) is 3.88. The molecule has 1 radical (unpaired) electrons. The molecule has 0 bridgehead atoms. The SMILES string of the molecule is O=[C]OCCNC(=O)OCC1c2ccccc2-c2ccccc21. The van der Waals surface area contributed by atoms with Crippen molar-refractivity contribution >= 4 is 12.6 Å².